The zero-order valence-electron chi connectivity index (χ0n) is 9.92. The molecule has 0 aliphatic heterocycles. The number of aryl methyl sites for hydroxylation is 1. The maximum Gasteiger partial charge on any atom is 0.337 e. The van der Waals surface area contributed by atoms with Crippen molar-refractivity contribution in [1.82, 2.24) is 4.98 Å². The summed E-state index contributed by atoms with van der Waals surface area (Å²) in [6.45, 7) is 1.77. The highest BCUT2D eigenvalue weighted by Crippen LogP contribution is 2.26. The lowest BCUT2D eigenvalue weighted by Crippen LogP contribution is -2.03. The predicted molar refractivity (Wildman–Crippen MR) is 67.3 cm³/mol. The number of aromatic nitrogens is 1. The Morgan fingerprint density at radius 1 is 1.33 bits per heavy atom. The van der Waals surface area contributed by atoms with E-state index < -0.39 is 5.97 Å². The van der Waals surface area contributed by atoms with Crippen molar-refractivity contribution in [2.45, 2.75) is 13.5 Å². The van der Waals surface area contributed by atoms with Crippen LogP contribution in [0.4, 0.5) is 0 Å². The van der Waals surface area contributed by atoms with E-state index in [4.69, 9.17) is 5.11 Å². The molecule has 1 heterocycles. The summed E-state index contributed by atoms with van der Waals surface area (Å²) in [7, 11) is 0. The molecule has 0 saturated carbocycles. The second kappa shape index (κ2) is 4.98. The van der Waals surface area contributed by atoms with Gasteiger partial charge in [-0.3, -0.25) is 4.98 Å². The van der Waals surface area contributed by atoms with Crippen LogP contribution in [0.2, 0.25) is 0 Å². The van der Waals surface area contributed by atoms with Crippen molar-refractivity contribution in [3.8, 4) is 11.3 Å². The number of hydrogen-bond acceptors (Lipinski definition) is 3. The molecule has 4 heteroatoms. The van der Waals surface area contributed by atoms with Crippen molar-refractivity contribution in [2.75, 3.05) is 0 Å². The molecule has 1 aromatic heterocycles. The maximum atomic E-state index is 11.2. The Kier molecular flexibility index (Phi) is 3.39. The first-order chi connectivity index (χ1) is 8.63. The quantitative estimate of drug-likeness (QED) is 0.867. The SMILES string of the molecule is Cc1ccc(-c2ncccc2C(=O)O)c(CO)c1. The first-order valence-electron chi connectivity index (χ1n) is 5.52. The van der Waals surface area contributed by atoms with E-state index in [1.807, 2.05) is 19.1 Å². The van der Waals surface area contributed by atoms with Crippen molar-refractivity contribution >= 4 is 5.97 Å². The van der Waals surface area contributed by atoms with Crippen molar-refractivity contribution in [2.24, 2.45) is 0 Å². The lowest BCUT2D eigenvalue weighted by Gasteiger charge is -2.10. The van der Waals surface area contributed by atoms with Gasteiger partial charge in [-0.25, -0.2) is 4.79 Å². The molecule has 92 valence electrons. The van der Waals surface area contributed by atoms with Crippen molar-refractivity contribution in [3.05, 3.63) is 53.2 Å². The van der Waals surface area contributed by atoms with Crippen LogP contribution in [0.15, 0.2) is 36.5 Å². The molecule has 0 radical (unpaired) electrons. The van der Waals surface area contributed by atoms with Gasteiger partial charge in [0.15, 0.2) is 0 Å². The number of carbonyl (C=O) groups is 1. The molecule has 0 atom stereocenters. The van der Waals surface area contributed by atoms with E-state index in [1.165, 1.54) is 6.07 Å². The Morgan fingerprint density at radius 2 is 2.11 bits per heavy atom. The van der Waals surface area contributed by atoms with Crippen molar-refractivity contribution in [1.29, 1.82) is 0 Å². The number of pyridine rings is 1. The summed E-state index contributed by atoms with van der Waals surface area (Å²) >= 11 is 0. The minimum absolute atomic E-state index is 0.135. The molecule has 0 aliphatic carbocycles. The van der Waals surface area contributed by atoms with Crippen LogP contribution in [0.3, 0.4) is 0 Å². The number of aliphatic hydroxyl groups excluding tert-OH is 1. The number of aromatic carboxylic acids is 1. The zero-order chi connectivity index (χ0) is 13.1. The number of carboxylic acid groups (broad SMARTS) is 1. The standard InChI is InChI=1S/C14H13NO3/c1-9-4-5-11(10(7-9)8-16)13-12(14(17)18)3-2-6-15-13/h2-7,16H,8H2,1H3,(H,17,18). The second-order valence-electron chi connectivity index (χ2n) is 4.02. The van der Waals surface area contributed by atoms with E-state index in [0.29, 0.717) is 16.8 Å². The summed E-state index contributed by atoms with van der Waals surface area (Å²) < 4.78 is 0. The highest BCUT2D eigenvalue weighted by atomic mass is 16.4. The zero-order valence-corrected chi connectivity index (χ0v) is 9.92. The summed E-state index contributed by atoms with van der Waals surface area (Å²) in [6, 6.07) is 8.57. The fraction of sp³-hybridized carbons (Fsp3) is 0.143. The van der Waals surface area contributed by atoms with E-state index in [1.54, 1.807) is 18.3 Å². The molecule has 0 unspecified atom stereocenters. The van der Waals surface area contributed by atoms with E-state index in [-0.39, 0.29) is 12.2 Å². The number of hydrogen-bond donors (Lipinski definition) is 2. The van der Waals surface area contributed by atoms with Gasteiger partial charge in [-0.1, -0.05) is 23.8 Å². The van der Waals surface area contributed by atoms with Gasteiger partial charge in [-0.05, 0) is 24.6 Å². The van der Waals surface area contributed by atoms with E-state index in [2.05, 4.69) is 4.98 Å². The summed E-state index contributed by atoms with van der Waals surface area (Å²) in [5, 5.41) is 18.5. The smallest absolute Gasteiger partial charge is 0.337 e. The summed E-state index contributed by atoms with van der Waals surface area (Å²) in [6.07, 6.45) is 1.54. The molecule has 0 saturated heterocycles. The minimum atomic E-state index is -1.03. The molecular formula is C14H13NO3. The number of benzene rings is 1. The van der Waals surface area contributed by atoms with Gasteiger partial charge in [0.05, 0.1) is 17.9 Å². The van der Waals surface area contributed by atoms with Crippen LogP contribution in [0.5, 0.6) is 0 Å². The first kappa shape index (κ1) is 12.3. The highest BCUT2D eigenvalue weighted by molar-refractivity contribution is 5.95. The summed E-state index contributed by atoms with van der Waals surface area (Å²) in [5.74, 6) is -1.03. The molecule has 4 nitrogen and oxygen atoms in total. The van der Waals surface area contributed by atoms with Crippen molar-refractivity contribution in [3.63, 3.8) is 0 Å². The Hall–Kier alpha value is -2.20. The van der Waals surface area contributed by atoms with Gasteiger partial charge in [-0.15, -0.1) is 0 Å². The van der Waals surface area contributed by atoms with Gasteiger partial charge >= 0.3 is 5.97 Å². The van der Waals surface area contributed by atoms with E-state index >= 15 is 0 Å². The van der Waals surface area contributed by atoms with Crippen LogP contribution in [-0.2, 0) is 6.61 Å². The Balaban J connectivity index is 2.65. The van der Waals surface area contributed by atoms with Crippen molar-refractivity contribution < 1.29 is 15.0 Å². The molecule has 2 aromatic rings. The molecule has 18 heavy (non-hydrogen) atoms. The minimum Gasteiger partial charge on any atom is -0.478 e. The van der Waals surface area contributed by atoms with Gasteiger partial charge in [0.1, 0.15) is 0 Å². The average Bonchev–Trinajstić information content (AvgIpc) is 2.38. The summed E-state index contributed by atoms with van der Waals surface area (Å²) in [5.41, 5.74) is 2.86. The van der Waals surface area contributed by atoms with Crippen LogP contribution in [0, 0.1) is 6.92 Å². The first-order valence-corrected chi connectivity index (χ1v) is 5.52. The fourth-order valence-corrected chi connectivity index (χ4v) is 1.88. The van der Waals surface area contributed by atoms with Crippen LogP contribution >= 0.6 is 0 Å². The Labute approximate surface area is 105 Å². The molecule has 1 aromatic carbocycles. The normalized spacial score (nSPS) is 10.3. The van der Waals surface area contributed by atoms with Crippen LogP contribution in [0.1, 0.15) is 21.5 Å². The van der Waals surface area contributed by atoms with Gasteiger partial charge in [0, 0.05) is 11.8 Å². The van der Waals surface area contributed by atoms with Crippen LogP contribution in [-0.4, -0.2) is 21.2 Å². The maximum absolute atomic E-state index is 11.2. The second-order valence-corrected chi connectivity index (χ2v) is 4.02. The molecule has 2 N–H and O–H groups in total. The third-order valence-corrected chi connectivity index (χ3v) is 2.72. The predicted octanol–water partition coefficient (Wildman–Crippen LogP) is 2.25. The Morgan fingerprint density at radius 3 is 2.78 bits per heavy atom. The van der Waals surface area contributed by atoms with Gasteiger partial charge in [0.25, 0.3) is 0 Å². The lowest BCUT2D eigenvalue weighted by atomic mass is 9.99. The topological polar surface area (TPSA) is 70.4 Å². The number of carboxylic acids is 1. The average molecular weight is 243 g/mol. The molecule has 0 aliphatic rings. The largest absolute Gasteiger partial charge is 0.478 e. The molecule has 0 fully saturated rings. The monoisotopic (exact) mass is 243 g/mol. The molecule has 0 amide bonds. The fourth-order valence-electron chi connectivity index (χ4n) is 1.88. The van der Waals surface area contributed by atoms with Gasteiger partial charge < -0.3 is 10.2 Å². The third kappa shape index (κ3) is 2.24. The van der Waals surface area contributed by atoms with E-state index in [0.717, 1.165) is 5.56 Å². The number of rotatable bonds is 3. The van der Waals surface area contributed by atoms with E-state index in [9.17, 15) is 9.90 Å². The van der Waals surface area contributed by atoms with Crippen LogP contribution in [0.25, 0.3) is 11.3 Å². The molecule has 2 rings (SSSR count). The van der Waals surface area contributed by atoms with Crippen LogP contribution < -0.4 is 0 Å². The van der Waals surface area contributed by atoms with Gasteiger partial charge in [0.2, 0.25) is 0 Å². The Bertz CT molecular complexity index is 593. The molecular weight excluding hydrogens is 230 g/mol. The number of nitrogens with zero attached hydrogens (tertiary/aromatic N) is 1. The lowest BCUT2D eigenvalue weighted by molar-refractivity contribution is 0.0697. The molecule has 0 bridgehead atoms. The summed E-state index contributed by atoms with van der Waals surface area (Å²) in [4.78, 5) is 15.3. The third-order valence-electron chi connectivity index (χ3n) is 2.72. The highest BCUT2D eigenvalue weighted by Gasteiger charge is 2.15. The molecule has 0 spiro atoms. The van der Waals surface area contributed by atoms with Gasteiger partial charge in [-0.2, -0.15) is 0 Å². The number of aliphatic hydroxyl groups is 1.